The molecule has 0 fully saturated rings. The molecule has 0 spiro atoms. The molecule has 0 aliphatic heterocycles. The Morgan fingerprint density at radius 2 is 1.77 bits per heavy atom. The summed E-state index contributed by atoms with van der Waals surface area (Å²) in [6.45, 7) is 3.52. The van der Waals surface area contributed by atoms with Gasteiger partial charge in [-0.15, -0.1) is 0 Å². The number of nitrogens with zero attached hydrogens (tertiary/aromatic N) is 4. The fourth-order valence-electron chi connectivity index (χ4n) is 4.14. The Kier molecular flexibility index (Phi) is 7.83. The highest BCUT2D eigenvalue weighted by Crippen LogP contribution is 2.27. The van der Waals surface area contributed by atoms with Gasteiger partial charge >= 0.3 is 0 Å². The minimum Gasteiger partial charge on any atom is -0.446 e. The lowest BCUT2D eigenvalue weighted by Gasteiger charge is -2.33. The van der Waals surface area contributed by atoms with Crippen molar-refractivity contribution < 1.29 is 9.21 Å². The molecule has 7 nitrogen and oxygen atoms in total. The number of aromatic nitrogens is 2. The lowest BCUT2D eigenvalue weighted by atomic mass is 10.1. The van der Waals surface area contributed by atoms with E-state index < -0.39 is 6.04 Å². The van der Waals surface area contributed by atoms with Crippen LogP contribution in [0.25, 0.3) is 11.1 Å². The highest BCUT2D eigenvalue weighted by atomic mass is 79.9. The summed E-state index contributed by atoms with van der Waals surface area (Å²) in [7, 11) is 3.95. The molecule has 4 rings (SSSR count). The number of carbonyl (C=O) groups is 1. The van der Waals surface area contributed by atoms with Crippen LogP contribution >= 0.6 is 15.9 Å². The molecule has 2 aromatic heterocycles. The molecule has 2 heterocycles. The molecule has 4 aromatic rings. The number of furan rings is 1. The molecular weight excluding hydrogens is 508 g/mol. The molecule has 182 valence electrons. The van der Waals surface area contributed by atoms with Crippen LogP contribution in [0.2, 0.25) is 0 Å². The zero-order valence-electron chi connectivity index (χ0n) is 20.1. The Labute approximate surface area is 213 Å². The van der Waals surface area contributed by atoms with E-state index in [4.69, 9.17) is 9.40 Å². The van der Waals surface area contributed by atoms with Crippen molar-refractivity contribution in [1.29, 1.82) is 0 Å². The number of halogens is 1. The molecule has 0 aliphatic rings. The van der Waals surface area contributed by atoms with Crippen LogP contribution in [0.1, 0.15) is 41.1 Å². The molecule has 1 atom stereocenters. The maximum absolute atomic E-state index is 13.8. The standard InChI is InChI=1S/C27H29BrN4O3/c1-4-23(31(16-15-30(2)3)26(33)20-10-12-21(28)13-11-20)24-29-25-22(14-17-35-25)27(34)32(24)18-19-8-6-5-7-9-19/h5-14,17,23H,4,15-16,18H2,1-3H3. The van der Waals surface area contributed by atoms with Gasteiger partial charge in [-0.25, -0.2) is 0 Å². The van der Waals surface area contributed by atoms with Crippen LogP contribution in [-0.2, 0) is 6.54 Å². The third kappa shape index (κ3) is 5.55. The number of carbonyl (C=O) groups excluding carboxylic acids is 1. The molecule has 1 amide bonds. The SMILES string of the molecule is CCC(c1nc2occc2c(=O)n1Cc1ccccc1)N(CCN(C)C)C(=O)c1ccc(Br)cc1. The van der Waals surface area contributed by atoms with Crippen LogP contribution in [-0.4, -0.2) is 52.4 Å². The fourth-order valence-corrected chi connectivity index (χ4v) is 4.41. The summed E-state index contributed by atoms with van der Waals surface area (Å²) < 4.78 is 8.12. The van der Waals surface area contributed by atoms with E-state index in [1.807, 2.05) is 85.4 Å². The molecule has 35 heavy (non-hydrogen) atoms. The van der Waals surface area contributed by atoms with E-state index in [9.17, 15) is 9.59 Å². The molecule has 0 saturated heterocycles. The molecule has 0 radical (unpaired) electrons. The Bertz CT molecular complexity index is 1350. The fraction of sp³-hybridized carbons (Fsp3) is 0.296. The van der Waals surface area contributed by atoms with E-state index in [0.717, 1.165) is 10.0 Å². The van der Waals surface area contributed by atoms with Crippen LogP contribution in [0.4, 0.5) is 0 Å². The van der Waals surface area contributed by atoms with Crippen LogP contribution < -0.4 is 5.56 Å². The van der Waals surface area contributed by atoms with Gasteiger partial charge in [0.1, 0.15) is 11.2 Å². The minimum atomic E-state index is -0.419. The van der Waals surface area contributed by atoms with Crippen molar-refractivity contribution >= 4 is 32.9 Å². The van der Waals surface area contributed by atoms with E-state index in [1.54, 1.807) is 10.6 Å². The third-order valence-corrected chi connectivity index (χ3v) is 6.53. The van der Waals surface area contributed by atoms with Crippen molar-refractivity contribution in [1.82, 2.24) is 19.4 Å². The number of likely N-dealkylation sites (N-methyl/N-ethyl adjacent to an activating group) is 1. The number of hydrogen-bond acceptors (Lipinski definition) is 5. The molecule has 1 unspecified atom stereocenters. The van der Waals surface area contributed by atoms with Gasteiger partial charge in [-0.05, 0) is 56.4 Å². The quantitative estimate of drug-likeness (QED) is 0.302. The summed E-state index contributed by atoms with van der Waals surface area (Å²) in [6, 6.07) is 18.4. The second kappa shape index (κ2) is 11.0. The number of benzene rings is 2. The first-order valence-corrected chi connectivity index (χ1v) is 12.4. The summed E-state index contributed by atoms with van der Waals surface area (Å²) in [6.07, 6.45) is 2.07. The van der Waals surface area contributed by atoms with Crippen molar-refractivity contribution in [2.45, 2.75) is 25.9 Å². The van der Waals surface area contributed by atoms with E-state index in [-0.39, 0.29) is 17.2 Å². The zero-order chi connectivity index (χ0) is 24.9. The zero-order valence-corrected chi connectivity index (χ0v) is 21.7. The summed E-state index contributed by atoms with van der Waals surface area (Å²) >= 11 is 3.44. The topological polar surface area (TPSA) is 71.6 Å². The monoisotopic (exact) mass is 536 g/mol. The lowest BCUT2D eigenvalue weighted by Crippen LogP contribution is -2.42. The van der Waals surface area contributed by atoms with Gasteiger partial charge in [-0.1, -0.05) is 53.2 Å². The molecule has 8 heteroatoms. The number of fused-ring (bicyclic) bond motifs is 1. The maximum atomic E-state index is 13.8. The first-order valence-electron chi connectivity index (χ1n) is 11.6. The highest BCUT2D eigenvalue weighted by molar-refractivity contribution is 9.10. The second-order valence-corrected chi connectivity index (χ2v) is 9.63. The van der Waals surface area contributed by atoms with E-state index in [2.05, 4.69) is 15.9 Å². The Morgan fingerprint density at radius 1 is 1.06 bits per heavy atom. The van der Waals surface area contributed by atoms with Crippen LogP contribution in [0.5, 0.6) is 0 Å². The summed E-state index contributed by atoms with van der Waals surface area (Å²) in [5.74, 6) is 0.416. The number of amides is 1. The largest absolute Gasteiger partial charge is 0.446 e. The van der Waals surface area contributed by atoms with Gasteiger partial charge in [0.2, 0.25) is 5.71 Å². The normalized spacial score (nSPS) is 12.3. The van der Waals surface area contributed by atoms with Gasteiger partial charge in [-0.3, -0.25) is 14.2 Å². The first-order chi connectivity index (χ1) is 16.9. The highest BCUT2D eigenvalue weighted by Gasteiger charge is 2.30. The summed E-state index contributed by atoms with van der Waals surface area (Å²) in [5.41, 5.74) is 1.68. The summed E-state index contributed by atoms with van der Waals surface area (Å²) in [5, 5.41) is 0.429. The van der Waals surface area contributed by atoms with Gasteiger partial charge in [0.25, 0.3) is 11.5 Å². The average Bonchev–Trinajstić information content (AvgIpc) is 3.33. The maximum Gasteiger partial charge on any atom is 0.265 e. The van der Waals surface area contributed by atoms with E-state index in [1.165, 1.54) is 6.26 Å². The predicted molar refractivity (Wildman–Crippen MR) is 141 cm³/mol. The number of rotatable bonds is 9. The van der Waals surface area contributed by atoms with E-state index in [0.29, 0.717) is 42.8 Å². The van der Waals surface area contributed by atoms with Crippen LogP contribution in [0.3, 0.4) is 0 Å². The average molecular weight is 537 g/mol. The van der Waals surface area contributed by atoms with Gasteiger partial charge in [0.15, 0.2) is 0 Å². The Hall–Kier alpha value is -3.23. The summed E-state index contributed by atoms with van der Waals surface area (Å²) in [4.78, 5) is 36.0. The van der Waals surface area contributed by atoms with Crippen molar-refractivity contribution in [3.8, 4) is 0 Å². The van der Waals surface area contributed by atoms with Crippen molar-refractivity contribution in [2.75, 3.05) is 27.2 Å². The third-order valence-electron chi connectivity index (χ3n) is 6.00. The molecular formula is C27H29BrN4O3. The molecule has 0 saturated carbocycles. The van der Waals surface area contributed by atoms with Crippen molar-refractivity contribution in [3.05, 3.63) is 98.7 Å². The molecule has 0 bridgehead atoms. The van der Waals surface area contributed by atoms with Gasteiger partial charge in [0.05, 0.1) is 18.8 Å². The smallest absolute Gasteiger partial charge is 0.265 e. The first kappa shape index (κ1) is 24.9. The van der Waals surface area contributed by atoms with Crippen LogP contribution in [0.15, 0.2) is 80.6 Å². The van der Waals surface area contributed by atoms with Gasteiger partial charge in [0, 0.05) is 23.1 Å². The number of hydrogen-bond donors (Lipinski definition) is 0. The predicted octanol–water partition coefficient (Wildman–Crippen LogP) is 4.96. The molecule has 0 N–H and O–H groups in total. The Balaban J connectivity index is 1.84. The minimum absolute atomic E-state index is 0.105. The van der Waals surface area contributed by atoms with E-state index >= 15 is 0 Å². The lowest BCUT2D eigenvalue weighted by molar-refractivity contribution is 0.0641. The second-order valence-electron chi connectivity index (χ2n) is 8.72. The molecule has 2 aromatic carbocycles. The van der Waals surface area contributed by atoms with Crippen molar-refractivity contribution in [2.24, 2.45) is 0 Å². The van der Waals surface area contributed by atoms with Gasteiger partial charge < -0.3 is 14.2 Å². The van der Waals surface area contributed by atoms with Crippen LogP contribution in [0, 0.1) is 0 Å². The molecule has 0 aliphatic carbocycles. The van der Waals surface area contributed by atoms with Crippen molar-refractivity contribution in [3.63, 3.8) is 0 Å². The van der Waals surface area contributed by atoms with Gasteiger partial charge in [-0.2, -0.15) is 4.98 Å². The Morgan fingerprint density at radius 3 is 2.43 bits per heavy atom.